The van der Waals surface area contributed by atoms with Crippen molar-refractivity contribution < 1.29 is 9.59 Å². The minimum absolute atomic E-state index is 0.0754. The first kappa shape index (κ1) is 18.0. The fourth-order valence-electron chi connectivity index (χ4n) is 3.63. The maximum absolute atomic E-state index is 12.9. The summed E-state index contributed by atoms with van der Waals surface area (Å²) in [4.78, 5) is 28.2. The van der Waals surface area contributed by atoms with E-state index in [1.807, 2.05) is 65.6 Å². The number of amides is 2. The summed E-state index contributed by atoms with van der Waals surface area (Å²) in [7, 11) is 0. The van der Waals surface area contributed by atoms with Gasteiger partial charge in [0, 0.05) is 50.0 Å². The lowest BCUT2D eigenvalue weighted by Gasteiger charge is -2.36. The standard InChI is InChI=1S/C23H23N3O2/c1-17(27)24-21-8-10-22(11-9-21)25-12-14-26(15-13-25)23(28)20-7-6-18-4-2-3-5-19(18)16-20/h2-11,16H,12-15H2,1H3,(H,24,27). The van der Waals surface area contributed by atoms with E-state index in [0.29, 0.717) is 13.1 Å². The Hall–Kier alpha value is -3.34. The quantitative estimate of drug-likeness (QED) is 0.761. The molecule has 1 saturated heterocycles. The number of nitrogens with zero attached hydrogens (tertiary/aromatic N) is 2. The molecule has 1 fully saturated rings. The van der Waals surface area contributed by atoms with Gasteiger partial charge in [-0.05, 0) is 47.2 Å². The topological polar surface area (TPSA) is 52.7 Å². The third-order valence-electron chi connectivity index (χ3n) is 5.12. The molecule has 0 bridgehead atoms. The van der Waals surface area contributed by atoms with Crippen molar-refractivity contribution in [3.63, 3.8) is 0 Å². The fourth-order valence-corrected chi connectivity index (χ4v) is 3.63. The van der Waals surface area contributed by atoms with Crippen molar-refractivity contribution in [3.05, 3.63) is 72.3 Å². The number of benzene rings is 3. The molecule has 1 N–H and O–H groups in total. The third-order valence-corrected chi connectivity index (χ3v) is 5.12. The fraction of sp³-hybridized carbons (Fsp3) is 0.217. The van der Waals surface area contributed by atoms with Crippen LogP contribution >= 0.6 is 0 Å². The summed E-state index contributed by atoms with van der Waals surface area (Å²) >= 11 is 0. The van der Waals surface area contributed by atoms with E-state index in [9.17, 15) is 9.59 Å². The number of carbonyl (C=O) groups excluding carboxylic acids is 2. The minimum atomic E-state index is -0.0754. The summed E-state index contributed by atoms with van der Waals surface area (Å²) < 4.78 is 0. The van der Waals surface area contributed by atoms with E-state index in [4.69, 9.17) is 0 Å². The zero-order chi connectivity index (χ0) is 19.5. The van der Waals surface area contributed by atoms with Gasteiger partial charge in [0.25, 0.3) is 5.91 Å². The van der Waals surface area contributed by atoms with Crippen molar-refractivity contribution in [3.8, 4) is 0 Å². The van der Waals surface area contributed by atoms with Crippen LogP contribution in [0.4, 0.5) is 11.4 Å². The first-order chi connectivity index (χ1) is 13.6. The van der Waals surface area contributed by atoms with Crippen LogP contribution in [0.5, 0.6) is 0 Å². The molecule has 3 aromatic carbocycles. The minimum Gasteiger partial charge on any atom is -0.368 e. The molecule has 0 saturated carbocycles. The summed E-state index contributed by atoms with van der Waals surface area (Å²) in [6.07, 6.45) is 0. The largest absolute Gasteiger partial charge is 0.368 e. The van der Waals surface area contributed by atoms with E-state index in [-0.39, 0.29) is 11.8 Å². The Bertz CT molecular complexity index is 1010. The van der Waals surface area contributed by atoms with E-state index >= 15 is 0 Å². The third kappa shape index (κ3) is 3.83. The molecule has 142 valence electrons. The molecule has 0 aliphatic carbocycles. The molecule has 28 heavy (non-hydrogen) atoms. The van der Waals surface area contributed by atoms with Crippen molar-refractivity contribution in [2.45, 2.75) is 6.92 Å². The van der Waals surface area contributed by atoms with Crippen molar-refractivity contribution in [2.75, 3.05) is 36.4 Å². The lowest BCUT2D eigenvalue weighted by molar-refractivity contribution is -0.114. The van der Waals surface area contributed by atoms with E-state index < -0.39 is 0 Å². The molecule has 5 heteroatoms. The van der Waals surface area contributed by atoms with Crippen LogP contribution in [0.15, 0.2) is 66.7 Å². The average molecular weight is 373 g/mol. The van der Waals surface area contributed by atoms with E-state index in [0.717, 1.165) is 40.8 Å². The smallest absolute Gasteiger partial charge is 0.253 e. The van der Waals surface area contributed by atoms with Gasteiger partial charge < -0.3 is 15.1 Å². The highest BCUT2D eigenvalue weighted by Gasteiger charge is 2.22. The lowest BCUT2D eigenvalue weighted by atomic mass is 10.1. The summed E-state index contributed by atoms with van der Waals surface area (Å²) in [5.41, 5.74) is 2.64. The monoisotopic (exact) mass is 373 g/mol. The molecule has 0 spiro atoms. The Labute approximate surface area is 164 Å². The first-order valence-corrected chi connectivity index (χ1v) is 9.51. The molecule has 0 atom stereocenters. The second kappa shape index (κ2) is 7.72. The van der Waals surface area contributed by atoms with Gasteiger partial charge in [0.05, 0.1) is 0 Å². The Morgan fingerprint density at radius 2 is 1.50 bits per heavy atom. The van der Waals surface area contributed by atoms with Gasteiger partial charge in [-0.25, -0.2) is 0 Å². The number of fused-ring (bicyclic) bond motifs is 1. The van der Waals surface area contributed by atoms with Crippen molar-refractivity contribution in [1.82, 2.24) is 4.90 Å². The first-order valence-electron chi connectivity index (χ1n) is 9.51. The van der Waals surface area contributed by atoms with E-state index in [1.165, 1.54) is 6.92 Å². The SMILES string of the molecule is CC(=O)Nc1ccc(N2CCN(C(=O)c3ccc4ccccc4c3)CC2)cc1. The molecule has 0 aromatic heterocycles. The van der Waals surface area contributed by atoms with Crippen LogP contribution < -0.4 is 10.2 Å². The molecule has 3 aromatic rings. The second-order valence-corrected chi connectivity index (χ2v) is 7.07. The summed E-state index contributed by atoms with van der Waals surface area (Å²) in [6.45, 7) is 4.47. The van der Waals surface area contributed by atoms with Crippen LogP contribution in [0.2, 0.25) is 0 Å². The molecular weight excluding hydrogens is 350 g/mol. The van der Waals surface area contributed by atoms with Gasteiger partial charge in [0.15, 0.2) is 0 Å². The molecule has 5 nitrogen and oxygen atoms in total. The predicted molar refractivity (Wildman–Crippen MR) is 113 cm³/mol. The van der Waals surface area contributed by atoms with Crippen LogP contribution in [0.25, 0.3) is 10.8 Å². The highest BCUT2D eigenvalue weighted by atomic mass is 16.2. The Morgan fingerprint density at radius 1 is 0.821 bits per heavy atom. The summed E-state index contributed by atoms with van der Waals surface area (Å²) in [5.74, 6) is 0.0139. The Balaban J connectivity index is 1.40. The van der Waals surface area contributed by atoms with E-state index in [1.54, 1.807) is 0 Å². The van der Waals surface area contributed by atoms with Gasteiger partial charge in [-0.1, -0.05) is 30.3 Å². The number of carbonyl (C=O) groups is 2. The predicted octanol–water partition coefficient (Wildman–Crippen LogP) is 3.76. The highest BCUT2D eigenvalue weighted by molar-refractivity contribution is 5.98. The molecule has 2 amide bonds. The normalized spacial score (nSPS) is 14.2. The van der Waals surface area contributed by atoms with Gasteiger partial charge in [-0.2, -0.15) is 0 Å². The molecule has 4 rings (SSSR count). The summed E-state index contributed by atoms with van der Waals surface area (Å²) in [6, 6.07) is 21.8. The second-order valence-electron chi connectivity index (χ2n) is 7.07. The number of hydrogen-bond acceptors (Lipinski definition) is 3. The molecule has 1 aliphatic heterocycles. The van der Waals surface area contributed by atoms with Crippen molar-refractivity contribution >= 4 is 34.0 Å². The zero-order valence-corrected chi connectivity index (χ0v) is 15.9. The van der Waals surface area contributed by atoms with Crippen molar-refractivity contribution in [2.24, 2.45) is 0 Å². The number of nitrogens with one attached hydrogen (secondary N) is 1. The molecule has 0 radical (unpaired) electrons. The highest BCUT2D eigenvalue weighted by Crippen LogP contribution is 2.21. The number of anilines is 2. The maximum Gasteiger partial charge on any atom is 0.253 e. The maximum atomic E-state index is 12.9. The van der Waals surface area contributed by atoms with Gasteiger partial charge in [0.1, 0.15) is 0 Å². The lowest BCUT2D eigenvalue weighted by Crippen LogP contribution is -2.48. The molecular formula is C23H23N3O2. The van der Waals surface area contributed by atoms with Crippen LogP contribution in [0.3, 0.4) is 0 Å². The Kier molecular flexibility index (Phi) is 4.98. The summed E-state index contributed by atoms with van der Waals surface area (Å²) in [5, 5.41) is 5.01. The van der Waals surface area contributed by atoms with Gasteiger partial charge in [0.2, 0.25) is 5.91 Å². The van der Waals surface area contributed by atoms with Crippen LogP contribution in [0, 0.1) is 0 Å². The number of piperazine rings is 1. The van der Waals surface area contributed by atoms with Gasteiger partial charge in [-0.15, -0.1) is 0 Å². The Morgan fingerprint density at radius 3 is 2.18 bits per heavy atom. The number of hydrogen-bond donors (Lipinski definition) is 1. The van der Waals surface area contributed by atoms with Gasteiger partial charge >= 0.3 is 0 Å². The van der Waals surface area contributed by atoms with E-state index in [2.05, 4.69) is 16.3 Å². The zero-order valence-electron chi connectivity index (χ0n) is 15.9. The molecule has 1 aliphatic rings. The molecule has 1 heterocycles. The van der Waals surface area contributed by atoms with Gasteiger partial charge in [-0.3, -0.25) is 9.59 Å². The van der Waals surface area contributed by atoms with Crippen LogP contribution in [0.1, 0.15) is 17.3 Å². The van der Waals surface area contributed by atoms with Crippen molar-refractivity contribution in [1.29, 1.82) is 0 Å². The average Bonchev–Trinajstić information content (AvgIpc) is 2.73. The van der Waals surface area contributed by atoms with Crippen LogP contribution in [-0.4, -0.2) is 42.9 Å². The number of rotatable bonds is 3. The van der Waals surface area contributed by atoms with Crippen LogP contribution in [-0.2, 0) is 4.79 Å². The molecule has 0 unspecified atom stereocenters.